The van der Waals surface area contributed by atoms with Gasteiger partial charge in [0.1, 0.15) is 0 Å². The Hall–Kier alpha value is -0.715. The van der Waals surface area contributed by atoms with Crippen LogP contribution in [-0.2, 0) is 0 Å². The fraction of sp³-hybridized carbons (Fsp3) is 0.143. The third-order valence-corrected chi connectivity index (χ3v) is 2.46. The normalized spacial score (nSPS) is 13.2. The average molecular weight is 245 g/mol. The summed E-state index contributed by atoms with van der Waals surface area (Å²) in [6, 6.07) is 3.19. The first-order chi connectivity index (χ1) is 6.18. The molecule has 0 spiro atoms. The smallest absolute Gasteiger partial charge is 0.454 e. The topological polar surface area (TPSA) is 58.9 Å². The number of fused-ring (bicyclic) bond motifs is 1. The molecule has 0 aromatic heterocycles. The zero-order valence-corrected chi connectivity index (χ0v) is 8.11. The highest BCUT2D eigenvalue weighted by Gasteiger charge is 2.21. The van der Waals surface area contributed by atoms with Crippen LogP contribution in [0.2, 0.25) is 0 Å². The third kappa shape index (κ3) is 1.52. The van der Waals surface area contributed by atoms with Gasteiger partial charge in [0, 0.05) is 9.94 Å². The zero-order valence-electron chi connectivity index (χ0n) is 6.53. The van der Waals surface area contributed by atoms with E-state index in [0.717, 1.165) is 0 Å². The summed E-state index contributed by atoms with van der Waals surface area (Å²) in [4.78, 5) is 0. The lowest BCUT2D eigenvalue weighted by molar-refractivity contribution is 0.174. The second-order valence-electron chi connectivity index (χ2n) is 2.60. The minimum absolute atomic E-state index is 0.173. The lowest BCUT2D eigenvalue weighted by Gasteiger charge is -2.04. The Bertz CT molecular complexity index is 342. The van der Waals surface area contributed by atoms with Gasteiger partial charge in [-0.15, -0.1) is 0 Å². The second-order valence-corrected chi connectivity index (χ2v) is 3.45. The molecule has 0 amide bonds. The number of hydrogen-bond donors (Lipinski definition) is 2. The van der Waals surface area contributed by atoms with Crippen LogP contribution in [0.1, 0.15) is 0 Å². The molecule has 1 aliphatic rings. The fourth-order valence-electron chi connectivity index (χ4n) is 1.13. The largest absolute Gasteiger partial charge is 0.489 e. The van der Waals surface area contributed by atoms with Gasteiger partial charge in [0.2, 0.25) is 6.79 Å². The van der Waals surface area contributed by atoms with E-state index < -0.39 is 7.12 Å². The van der Waals surface area contributed by atoms with Crippen molar-refractivity contribution < 1.29 is 19.5 Å². The van der Waals surface area contributed by atoms with Crippen molar-refractivity contribution in [3.8, 4) is 11.5 Å². The first kappa shape index (κ1) is 8.86. The molecule has 13 heavy (non-hydrogen) atoms. The van der Waals surface area contributed by atoms with Gasteiger partial charge in [-0.05, 0) is 12.1 Å². The molecule has 1 aromatic rings. The maximum absolute atomic E-state index is 8.96. The van der Waals surface area contributed by atoms with E-state index in [-0.39, 0.29) is 6.79 Å². The highest BCUT2D eigenvalue weighted by molar-refractivity contribution is 9.10. The van der Waals surface area contributed by atoms with E-state index in [1.54, 1.807) is 6.07 Å². The number of benzene rings is 1. The summed E-state index contributed by atoms with van der Waals surface area (Å²) in [5.41, 5.74) is 0.365. The molecular weight excluding hydrogens is 239 g/mol. The molecule has 0 unspecified atom stereocenters. The molecule has 0 bridgehead atoms. The quantitative estimate of drug-likeness (QED) is 0.676. The summed E-state index contributed by atoms with van der Waals surface area (Å²) in [6.07, 6.45) is 0. The van der Waals surface area contributed by atoms with Crippen LogP contribution in [0.25, 0.3) is 0 Å². The molecule has 1 heterocycles. The Morgan fingerprint density at radius 3 is 2.46 bits per heavy atom. The predicted molar refractivity (Wildman–Crippen MR) is 50.1 cm³/mol. The highest BCUT2D eigenvalue weighted by atomic mass is 79.9. The van der Waals surface area contributed by atoms with Crippen LogP contribution in [0, 0.1) is 0 Å². The van der Waals surface area contributed by atoms with Crippen LogP contribution in [0.4, 0.5) is 0 Å². The minimum Gasteiger partial charge on any atom is -0.454 e. The van der Waals surface area contributed by atoms with Crippen LogP contribution in [0.15, 0.2) is 16.6 Å². The molecule has 0 radical (unpaired) electrons. The highest BCUT2D eigenvalue weighted by Crippen LogP contribution is 2.33. The Morgan fingerprint density at radius 2 is 1.85 bits per heavy atom. The van der Waals surface area contributed by atoms with Crippen molar-refractivity contribution in [2.75, 3.05) is 6.79 Å². The molecule has 0 fully saturated rings. The molecule has 68 valence electrons. The number of ether oxygens (including phenoxy) is 2. The molecule has 0 aliphatic carbocycles. The van der Waals surface area contributed by atoms with E-state index in [9.17, 15) is 0 Å². The lowest BCUT2D eigenvalue weighted by Crippen LogP contribution is -2.30. The van der Waals surface area contributed by atoms with Crippen molar-refractivity contribution in [1.29, 1.82) is 0 Å². The van der Waals surface area contributed by atoms with Gasteiger partial charge >= 0.3 is 7.12 Å². The van der Waals surface area contributed by atoms with Gasteiger partial charge in [0.15, 0.2) is 11.5 Å². The van der Waals surface area contributed by atoms with Crippen LogP contribution in [0.3, 0.4) is 0 Å². The van der Waals surface area contributed by atoms with Crippen LogP contribution >= 0.6 is 15.9 Å². The lowest BCUT2D eigenvalue weighted by atomic mass is 9.80. The second kappa shape index (κ2) is 3.21. The molecule has 6 heteroatoms. The van der Waals surface area contributed by atoms with Crippen molar-refractivity contribution in [3.63, 3.8) is 0 Å². The van der Waals surface area contributed by atoms with Gasteiger partial charge in [-0.1, -0.05) is 15.9 Å². The van der Waals surface area contributed by atoms with Gasteiger partial charge in [-0.2, -0.15) is 0 Å². The molecule has 4 nitrogen and oxygen atoms in total. The van der Waals surface area contributed by atoms with E-state index in [1.807, 2.05) is 0 Å². The van der Waals surface area contributed by atoms with Crippen molar-refractivity contribution in [2.24, 2.45) is 0 Å². The van der Waals surface area contributed by atoms with Crippen molar-refractivity contribution >= 4 is 28.5 Å². The fourth-order valence-corrected chi connectivity index (χ4v) is 1.66. The molecule has 1 aliphatic heterocycles. The van der Waals surface area contributed by atoms with Crippen molar-refractivity contribution in [2.45, 2.75) is 0 Å². The Labute approximate surface area is 83.4 Å². The van der Waals surface area contributed by atoms with Crippen molar-refractivity contribution in [3.05, 3.63) is 16.6 Å². The van der Waals surface area contributed by atoms with E-state index >= 15 is 0 Å². The Kier molecular flexibility index (Phi) is 2.19. The van der Waals surface area contributed by atoms with Crippen LogP contribution in [0.5, 0.6) is 11.5 Å². The third-order valence-electron chi connectivity index (χ3n) is 1.77. The molecular formula is C7H6BBrO4. The summed E-state index contributed by atoms with van der Waals surface area (Å²) in [7, 11) is -1.51. The van der Waals surface area contributed by atoms with Gasteiger partial charge in [-0.3, -0.25) is 0 Å². The Morgan fingerprint density at radius 1 is 1.23 bits per heavy atom. The van der Waals surface area contributed by atoms with Crippen LogP contribution < -0.4 is 14.9 Å². The molecule has 0 saturated carbocycles. The minimum atomic E-state index is -1.51. The number of halogens is 1. The summed E-state index contributed by atoms with van der Waals surface area (Å²) in [5.74, 6) is 1.14. The van der Waals surface area contributed by atoms with Gasteiger partial charge in [0.25, 0.3) is 0 Å². The van der Waals surface area contributed by atoms with E-state index in [1.165, 1.54) is 6.07 Å². The molecule has 0 atom stereocenters. The summed E-state index contributed by atoms with van der Waals surface area (Å²) >= 11 is 3.19. The van der Waals surface area contributed by atoms with E-state index in [4.69, 9.17) is 19.5 Å². The molecule has 0 saturated heterocycles. The van der Waals surface area contributed by atoms with E-state index in [2.05, 4.69) is 15.9 Å². The van der Waals surface area contributed by atoms with Gasteiger partial charge in [0.05, 0.1) is 0 Å². The number of hydrogen-bond acceptors (Lipinski definition) is 4. The number of rotatable bonds is 1. The summed E-state index contributed by atoms with van der Waals surface area (Å²) in [5, 5.41) is 17.9. The SMILES string of the molecule is OB(O)c1cc2c(cc1Br)OCO2. The average Bonchev–Trinajstić information content (AvgIpc) is 2.48. The van der Waals surface area contributed by atoms with E-state index in [0.29, 0.717) is 21.4 Å². The molecule has 2 N–H and O–H groups in total. The van der Waals surface area contributed by atoms with Gasteiger partial charge in [-0.25, -0.2) is 0 Å². The summed E-state index contributed by atoms with van der Waals surface area (Å²) in [6.45, 7) is 0.173. The summed E-state index contributed by atoms with van der Waals surface area (Å²) < 4.78 is 10.8. The first-order valence-corrected chi connectivity index (χ1v) is 4.43. The maximum Gasteiger partial charge on any atom is 0.489 e. The molecule has 2 rings (SSSR count). The van der Waals surface area contributed by atoms with Crippen LogP contribution in [-0.4, -0.2) is 24.0 Å². The maximum atomic E-state index is 8.96. The molecule has 1 aromatic carbocycles. The zero-order chi connectivity index (χ0) is 9.42. The van der Waals surface area contributed by atoms with Gasteiger partial charge < -0.3 is 19.5 Å². The Balaban J connectivity index is 2.49. The van der Waals surface area contributed by atoms with Crippen molar-refractivity contribution in [1.82, 2.24) is 0 Å². The standard InChI is InChI=1S/C7H6BBrO4/c9-5-2-7-6(12-3-13-7)1-4(5)8(10)11/h1-2,10-11H,3H2. The monoisotopic (exact) mass is 244 g/mol. The first-order valence-electron chi connectivity index (χ1n) is 3.63. The predicted octanol–water partition coefficient (Wildman–Crippen LogP) is -0.142.